The quantitative estimate of drug-likeness (QED) is 0.0464. The molecule has 5 N–H and O–H groups in total. The SMILES string of the molecule is Cc1ncsc1-c1ccc(CNC(=O)[C@@H]2C[C@@H](O)CN2C(=O)[C@@H](NC(=O)CCCCCCC(=O)N(C)Cc2cc(-c3cccc(-c4csc(NC(=O)CNC(=O)c5ccn(S(C)(=O)=O)c5)n4)c3)ccn2)C(C)(C)C)cc1. The minimum absolute atomic E-state index is 0.0122. The van der Waals surface area contributed by atoms with Crippen LogP contribution in [0.5, 0.6) is 0 Å². The zero-order chi connectivity index (χ0) is 54.7. The van der Waals surface area contributed by atoms with E-state index >= 15 is 0 Å². The van der Waals surface area contributed by atoms with Crippen molar-refractivity contribution < 1.29 is 42.3 Å². The molecule has 76 heavy (non-hydrogen) atoms. The summed E-state index contributed by atoms with van der Waals surface area (Å²) in [5.41, 5.74) is 8.04. The van der Waals surface area contributed by atoms with Gasteiger partial charge in [0.15, 0.2) is 5.13 Å². The third kappa shape index (κ3) is 15.3. The first-order valence-corrected chi connectivity index (χ1v) is 28.5. The van der Waals surface area contributed by atoms with E-state index < -0.39 is 51.3 Å². The van der Waals surface area contributed by atoms with Gasteiger partial charge in [-0.05, 0) is 71.7 Å². The van der Waals surface area contributed by atoms with Crippen LogP contribution in [0.1, 0.15) is 93.0 Å². The maximum absolute atomic E-state index is 14.1. The highest BCUT2D eigenvalue weighted by Gasteiger charge is 2.44. The van der Waals surface area contributed by atoms with Crippen LogP contribution in [0.3, 0.4) is 0 Å². The lowest BCUT2D eigenvalue weighted by molar-refractivity contribution is -0.144. The number of amides is 6. The van der Waals surface area contributed by atoms with Crippen LogP contribution in [0.4, 0.5) is 5.13 Å². The number of thiazole rings is 2. The smallest absolute Gasteiger partial charge is 0.253 e. The monoisotopic (exact) mass is 1090 g/mol. The van der Waals surface area contributed by atoms with Gasteiger partial charge >= 0.3 is 0 Å². The molecular weight excluding hydrogens is 1030 g/mol. The summed E-state index contributed by atoms with van der Waals surface area (Å²) in [7, 11) is -1.81. The standard InChI is InChI=1S/C54H64N10O9S3/c1-34-48(75-33-58-34)36-18-16-35(17-19-36)27-56-51(70)44-26-42(65)31-64(44)52(71)49(54(2,3)4)60-45(66)14-9-7-8-10-15-47(68)62(5)30-41-25-38(20-22-55-41)37-12-11-13-39(24-37)43-32-74-53(59-43)61-46(67)28-57-50(69)40-21-23-63(29-40)76(6,72)73/h11-13,16-25,29,32-33,42,44,49,65H,7-10,14-15,26-28,30-31H2,1-6H3,(H,56,70)(H,57,69)(H,60,66)(H,59,61,67)/t42-,44+,49-/m1/s1. The number of nitrogens with zero attached hydrogens (tertiary/aromatic N) is 6. The van der Waals surface area contributed by atoms with Crippen molar-refractivity contribution in [2.75, 3.05) is 31.7 Å². The lowest BCUT2D eigenvalue weighted by atomic mass is 9.85. The number of likely N-dealkylation sites (tertiary alicyclic amines) is 1. The molecule has 0 bridgehead atoms. The minimum atomic E-state index is -3.55. The Hall–Kier alpha value is -7.14. The number of carbonyl (C=O) groups is 6. The van der Waals surface area contributed by atoms with Crippen molar-refractivity contribution in [2.24, 2.45) is 5.41 Å². The van der Waals surface area contributed by atoms with Crippen molar-refractivity contribution in [3.8, 4) is 32.8 Å². The second kappa shape index (κ2) is 25.1. The molecule has 6 aromatic rings. The number of hydrogen-bond acceptors (Lipinski definition) is 14. The normalized spacial score (nSPS) is 15.0. The number of unbranched alkanes of at least 4 members (excludes halogenated alkanes) is 3. The molecule has 5 heterocycles. The summed E-state index contributed by atoms with van der Waals surface area (Å²) in [6, 6.07) is 18.9. The molecule has 0 spiro atoms. The number of aliphatic hydroxyl groups excluding tert-OH is 1. The fourth-order valence-corrected chi connectivity index (χ4v) is 10.8. The molecule has 7 rings (SSSR count). The lowest BCUT2D eigenvalue weighted by Gasteiger charge is -2.35. The molecule has 19 nitrogen and oxygen atoms in total. The number of anilines is 1. The van der Waals surface area contributed by atoms with Crippen LogP contribution < -0.4 is 21.3 Å². The van der Waals surface area contributed by atoms with Crippen LogP contribution in [-0.4, -0.2) is 122 Å². The molecule has 3 atom stereocenters. The summed E-state index contributed by atoms with van der Waals surface area (Å²) >= 11 is 2.79. The van der Waals surface area contributed by atoms with Crippen molar-refractivity contribution in [1.82, 2.24) is 44.7 Å². The Morgan fingerprint density at radius 2 is 1.59 bits per heavy atom. The first kappa shape index (κ1) is 56.6. The van der Waals surface area contributed by atoms with Gasteiger partial charge in [0.05, 0.1) is 58.5 Å². The van der Waals surface area contributed by atoms with Gasteiger partial charge in [0.25, 0.3) is 5.91 Å². The van der Waals surface area contributed by atoms with E-state index in [1.165, 1.54) is 34.7 Å². The van der Waals surface area contributed by atoms with Gasteiger partial charge in [-0.3, -0.25) is 37.7 Å². The van der Waals surface area contributed by atoms with Gasteiger partial charge in [0, 0.05) is 68.9 Å². The van der Waals surface area contributed by atoms with E-state index in [2.05, 4.69) is 36.2 Å². The molecule has 4 aromatic heterocycles. The summed E-state index contributed by atoms with van der Waals surface area (Å²) < 4.78 is 24.3. The van der Waals surface area contributed by atoms with Gasteiger partial charge in [-0.25, -0.2) is 18.4 Å². The van der Waals surface area contributed by atoms with Crippen molar-refractivity contribution in [3.63, 3.8) is 0 Å². The number of aryl methyl sites for hydroxylation is 1. The van der Waals surface area contributed by atoms with Crippen molar-refractivity contribution in [3.05, 3.63) is 119 Å². The highest BCUT2D eigenvalue weighted by molar-refractivity contribution is 7.89. The highest BCUT2D eigenvalue weighted by Crippen LogP contribution is 2.31. The molecule has 1 saturated heterocycles. The zero-order valence-electron chi connectivity index (χ0n) is 43.4. The largest absolute Gasteiger partial charge is 0.391 e. The Morgan fingerprint density at radius 1 is 0.868 bits per heavy atom. The second-order valence-corrected chi connectivity index (χ2v) is 23.6. The zero-order valence-corrected chi connectivity index (χ0v) is 45.8. The molecule has 2 aromatic carbocycles. The maximum Gasteiger partial charge on any atom is 0.253 e. The van der Waals surface area contributed by atoms with Crippen LogP contribution in [0, 0.1) is 12.3 Å². The summed E-state index contributed by atoms with van der Waals surface area (Å²) in [6.07, 6.45) is 7.51. The van der Waals surface area contributed by atoms with Crippen LogP contribution in [-0.2, 0) is 47.1 Å². The molecule has 1 aliphatic rings. The minimum Gasteiger partial charge on any atom is -0.391 e. The first-order valence-electron chi connectivity index (χ1n) is 24.9. The maximum atomic E-state index is 14.1. The first-order chi connectivity index (χ1) is 36.1. The molecule has 402 valence electrons. The van der Waals surface area contributed by atoms with E-state index in [1.807, 2.05) is 93.9 Å². The molecular formula is C54H64N10O9S3. The summed E-state index contributed by atoms with van der Waals surface area (Å²) in [5.74, 6) is -2.21. The number of pyridine rings is 1. The third-order valence-corrected chi connectivity index (χ3v) is 15.6. The Kier molecular flexibility index (Phi) is 18.7. The average Bonchev–Trinajstić information content (AvgIpc) is 4.23. The predicted octanol–water partition coefficient (Wildman–Crippen LogP) is 6.39. The second-order valence-electron chi connectivity index (χ2n) is 20.0. The van der Waals surface area contributed by atoms with E-state index in [0.717, 1.165) is 55.0 Å². The number of aromatic nitrogens is 4. The Labute approximate surface area is 450 Å². The number of benzene rings is 2. The molecule has 1 fully saturated rings. The van der Waals surface area contributed by atoms with Crippen LogP contribution >= 0.6 is 22.7 Å². The fourth-order valence-electron chi connectivity index (χ4n) is 8.66. The van der Waals surface area contributed by atoms with E-state index in [9.17, 15) is 42.3 Å². The molecule has 1 aliphatic heterocycles. The molecule has 0 saturated carbocycles. The summed E-state index contributed by atoms with van der Waals surface area (Å²) in [6.45, 7) is 7.71. The van der Waals surface area contributed by atoms with E-state index in [4.69, 9.17) is 0 Å². The number of rotatable bonds is 22. The molecule has 0 unspecified atom stereocenters. The van der Waals surface area contributed by atoms with E-state index in [1.54, 1.807) is 34.9 Å². The van der Waals surface area contributed by atoms with Crippen LogP contribution in [0.15, 0.2) is 96.2 Å². The van der Waals surface area contributed by atoms with Crippen molar-refractivity contribution in [1.29, 1.82) is 0 Å². The van der Waals surface area contributed by atoms with Crippen LogP contribution in [0.25, 0.3) is 32.8 Å². The Balaban J connectivity index is 0.816. The van der Waals surface area contributed by atoms with Gasteiger partial charge in [0.1, 0.15) is 12.1 Å². The number of nitrogens with one attached hydrogen (secondary N) is 4. The van der Waals surface area contributed by atoms with Gasteiger partial charge < -0.3 is 36.2 Å². The number of aliphatic hydroxyl groups is 1. The predicted molar refractivity (Wildman–Crippen MR) is 292 cm³/mol. The number of carbonyl (C=O) groups excluding carboxylic acids is 6. The van der Waals surface area contributed by atoms with E-state index in [-0.39, 0.29) is 55.8 Å². The van der Waals surface area contributed by atoms with Crippen LogP contribution in [0.2, 0.25) is 0 Å². The van der Waals surface area contributed by atoms with Crippen molar-refractivity contribution >= 4 is 73.3 Å². The van der Waals surface area contributed by atoms with Gasteiger partial charge in [-0.2, -0.15) is 0 Å². The molecule has 0 aliphatic carbocycles. The van der Waals surface area contributed by atoms with Gasteiger partial charge in [-0.15, -0.1) is 22.7 Å². The lowest BCUT2D eigenvalue weighted by Crippen LogP contribution is -2.57. The average molecular weight is 1090 g/mol. The third-order valence-electron chi connectivity index (χ3n) is 12.9. The Bertz CT molecular complexity index is 3160. The van der Waals surface area contributed by atoms with Gasteiger partial charge in [-0.1, -0.05) is 76.1 Å². The fraction of sp³-hybridized carbons (Fsp3) is 0.389. The molecule has 6 amide bonds. The Morgan fingerprint density at radius 3 is 2.29 bits per heavy atom. The van der Waals surface area contributed by atoms with Gasteiger partial charge in [0.2, 0.25) is 39.6 Å². The van der Waals surface area contributed by atoms with Crippen molar-refractivity contribution in [2.45, 2.75) is 104 Å². The summed E-state index contributed by atoms with van der Waals surface area (Å²) in [5, 5.41) is 23.8. The topological polar surface area (TPSA) is 255 Å². The summed E-state index contributed by atoms with van der Waals surface area (Å²) in [4.78, 5) is 96.6. The molecule has 22 heteroatoms. The highest BCUT2D eigenvalue weighted by atomic mass is 32.2. The number of hydrogen-bond donors (Lipinski definition) is 5. The van der Waals surface area contributed by atoms with E-state index in [0.29, 0.717) is 48.7 Å². The molecule has 0 radical (unpaired) electrons. The number of β-amino-alcohol motifs (C(OH)–C–C–N with tert-alkyl or cyclic N) is 1.